The molecule has 2 N–H and O–H groups in total. The molecule has 22 heavy (non-hydrogen) atoms. The average molecular weight is 359 g/mol. The lowest BCUT2D eigenvalue weighted by Crippen LogP contribution is -2.29. The molecule has 0 bridgehead atoms. The third-order valence-corrected chi connectivity index (χ3v) is 4.78. The zero-order valence-corrected chi connectivity index (χ0v) is 13.8. The van der Waals surface area contributed by atoms with Gasteiger partial charge in [-0.3, -0.25) is 4.79 Å². The fraction of sp³-hybridized carbons (Fsp3) is 0.0714. The number of carbonyl (C=O) groups is 1. The summed E-state index contributed by atoms with van der Waals surface area (Å²) < 4.78 is 24.4. The quantitative estimate of drug-likeness (QED) is 0.633. The second-order valence-corrected chi connectivity index (χ2v) is 6.94. The van der Waals surface area contributed by atoms with Gasteiger partial charge in [-0.2, -0.15) is 0 Å². The lowest BCUT2D eigenvalue weighted by Gasteiger charge is -2.10. The predicted molar refractivity (Wildman–Crippen MR) is 86.9 cm³/mol. The largest absolute Gasteiger partial charge is 0.308 e. The maximum absolute atomic E-state index is 12.2. The Balaban J connectivity index is 2.19. The molecule has 8 heteroatoms. The molecular formula is C14H12Cl2N2O3S. The van der Waals surface area contributed by atoms with Gasteiger partial charge in [0.15, 0.2) is 5.78 Å². The van der Waals surface area contributed by atoms with Crippen LogP contribution in [0, 0.1) is 0 Å². The first-order valence-electron chi connectivity index (χ1n) is 6.13. The minimum Gasteiger partial charge on any atom is -0.308 e. The summed E-state index contributed by atoms with van der Waals surface area (Å²) in [5, 5.41) is 0.661. The van der Waals surface area contributed by atoms with E-state index in [1.165, 1.54) is 37.3 Å². The average Bonchev–Trinajstić information content (AvgIpc) is 2.48. The molecule has 2 aromatic carbocycles. The van der Waals surface area contributed by atoms with Crippen molar-refractivity contribution in [3.8, 4) is 0 Å². The van der Waals surface area contributed by atoms with Gasteiger partial charge in [0.05, 0.1) is 20.6 Å². The molecule has 0 atom stereocenters. The van der Waals surface area contributed by atoms with Gasteiger partial charge in [0.25, 0.3) is 10.0 Å². The molecule has 0 unspecified atom stereocenters. The van der Waals surface area contributed by atoms with E-state index in [2.05, 4.69) is 10.3 Å². The fourth-order valence-electron chi connectivity index (χ4n) is 1.64. The number of nitrogens with one attached hydrogen (secondary N) is 2. The summed E-state index contributed by atoms with van der Waals surface area (Å²) in [5.74, 6) is -0.213. The van der Waals surface area contributed by atoms with Crippen molar-refractivity contribution in [3.63, 3.8) is 0 Å². The Morgan fingerprint density at radius 2 is 1.77 bits per heavy atom. The number of Topliss-reactive ketones (excluding diaryl/α,β-unsaturated/α-hetero) is 1. The Bertz CT molecular complexity index is 823. The highest BCUT2D eigenvalue weighted by atomic mass is 35.5. The van der Waals surface area contributed by atoms with Crippen LogP contribution in [0.15, 0.2) is 47.4 Å². The van der Waals surface area contributed by atoms with Gasteiger partial charge in [0.1, 0.15) is 0 Å². The molecule has 0 saturated heterocycles. The Hall–Kier alpha value is -1.60. The number of anilines is 1. The number of carbonyl (C=O) groups excluding carboxylic acids is 1. The van der Waals surface area contributed by atoms with Crippen LogP contribution in [0.25, 0.3) is 0 Å². The van der Waals surface area contributed by atoms with E-state index in [0.717, 1.165) is 0 Å². The van der Waals surface area contributed by atoms with E-state index in [1.807, 2.05) is 0 Å². The van der Waals surface area contributed by atoms with Crippen molar-refractivity contribution < 1.29 is 13.2 Å². The van der Waals surface area contributed by atoms with E-state index in [4.69, 9.17) is 23.2 Å². The first-order chi connectivity index (χ1) is 10.3. The SMILES string of the molecule is CC(=O)c1cccc(S(=O)(=O)NNc2ccc(Cl)c(Cl)c2)c1. The molecule has 0 amide bonds. The number of rotatable bonds is 5. The van der Waals surface area contributed by atoms with Crippen molar-refractivity contribution in [1.82, 2.24) is 4.83 Å². The Kier molecular flexibility index (Phi) is 5.08. The van der Waals surface area contributed by atoms with Crippen LogP contribution in [-0.2, 0) is 10.0 Å². The first-order valence-corrected chi connectivity index (χ1v) is 8.37. The van der Waals surface area contributed by atoms with Crippen LogP contribution in [0.3, 0.4) is 0 Å². The Morgan fingerprint density at radius 1 is 1.05 bits per heavy atom. The highest BCUT2D eigenvalue weighted by Crippen LogP contribution is 2.24. The minimum atomic E-state index is -3.83. The van der Waals surface area contributed by atoms with Crippen molar-refractivity contribution in [2.24, 2.45) is 0 Å². The van der Waals surface area contributed by atoms with Crippen molar-refractivity contribution in [1.29, 1.82) is 0 Å². The Morgan fingerprint density at radius 3 is 2.41 bits per heavy atom. The molecule has 116 valence electrons. The van der Waals surface area contributed by atoms with Crippen molar-refractivity contribution in [3.05, 3.63) is 58.1 Å². The molecule has 0 heterocycles. The van der Waals surface area contributed by atoms with Gasteiger partial charge >= 0.3 is 0 Å². The van der Waals surface area contributed by atoms with E-state index in [0.29, 0.717) is 21.3 Å². The fourth-order valence-corrected chi connectivity index (χ4v) is 2.85. The maximum Gasteiger partial charge on any atom is 0.257 e. The molecule has 0 aromatic heterocycles. The van der Waals surface area contributed by atoms with Crippen LogP contribution in [0.1, 0.15) is 17.3 Å². The predicted octanol–water partition coefficient (Wildman–Crippen LogP) is 3.50. The van der Waals surface area contributed by atoms with E-state index < -0.39 is 10.0 Å². The van der Waals surface area contributed by atoms with Crippen molar-refractivity contribution in [2.45, 2.75) is 11.8 Å². The molecule has 2 rings (SSSR count). The summed E-state index contributed by atoms with van der Waals surface area (Å²) in [4.78, 5) is 13.5. The highest BCUT2D eigenvalue weighted by Gasteiger charge is 2.15. The second kappa shape index (κ2) is 6.66. The van der Waals surface area contributed by atoms with Crippen molar-refractivity contribution >= 4 is 44.7 Å². The van der Waals surface area contributed by atoms with E-state index in [1.54, 1.807) is 12.1 Å². The number of hydrazine groups is 1. The summed E-state index contributed by atoms with van der Waals surface area (Å²) in [6.07, 6.45) is 0. The van der Waals surface area contributed by atoms with Gasteiger partial charge in [-0.1, -0.05) is 35.3 Å². The molecule has 0 fully saturated rings. The normalized spacial score (nSPS) is 11.2. The maximum atomic E-state index is 12.2. The number of hydrogen-bond donors (Lipinski definition) is 2. The van der Waals surface area contributed by atoms with E-state index in [9.17, 15) is 13.2 Å². The van der Waals surface area contributed by atoms with Gasteiger partial charge in [-0.05, 0) is 37.3 Å². The van der Waals surface area contributed by atoms with E-state index in [-0.39, 0.29) is 10.7 Å². The zero-order valence-electron chi connectivity index (χ0n) is 11.4. The van der Waals surface area contributed by atoms with Crippen molar-refractivity contribution in [2.75, 3.05) is 5.43 Å². The van der Waals surface area contributed by atoms with Crippen LogP contribution >= 0.6 is 23.2 Å². The minimum absolute atomic E-state index is 0.0206. The number of benzene rings is 2. The van der Waals surface area contributed by atoms with Crippen LogP contribution in [0.4, 0.5) is 5.69 Å². The lowest BCUT2D eigenvalue weighted by atomic mass is 10.2. The highest BCUT2D eigenvalue weighted by molar-refractivity contribution is 7.89. The molecule has 0 saturated carbocycles. The third-order valence-electron chi connectivity index (χ3n) is 2.80. The topological polar surface area (TPSA) is 75.3 Å². The molecule has 2 aromatic rings. The number of ketones is 1. The van der Waals surface area contributed by atoms with E-state index >= 15 is 0 Å². The van der Waals surface area contributed by atoms with Gasteiger partial charge < -0.3 is 5.43 Å². The number of halogens is 2. The smallest absolute Gasteiger partial charge is 0.257 e. The number of hydrogen-bond acceptors (Lipinski definition) is 4. The zero-order chi connectivity index (χ0) is 16.3. The molecule has 5 nitrogen and oxygen atoms in total. The summed E-state index contributed by atoms with van der Waals surface area (Å²) in [6, 6.07) is 10.3. The third kappa shape index (κ3) is 3.98. The summed E-state index contributed by atoms with van der Waals surface area (Å²) in [5.41, 5.74) is 3.28. The van der Waals surface area contributed by atoms with Crippen LogP contribution in [-0.4, -0.2) is 14.2 Å². The monoisotopic (exact) mass is 358 g/mol. The van der Waals surface area contributed by atoms with Crippen LogP contribution in [0.5, 0.6) is 0 Å². The first kappa shape index (κ1) is 16.8. The van der Waals surface area contributed by atoms with Crippen LogP contribution in [0.2, 0.25) is 10.0 Å². The molecule has 0 radical (unpaired) electrons. The van der Waals surface area contributed by atoms with Crippen LogP contribution < -0.4 is 10.3 Å². The summed E-state index contributed by atoms with van der Waals surface area (Å²) >= 11 is 11.6. The summed E-state index contributed by atoms with van der Waals surface area (Å²) in [7, 11) is -3.83. The lowest BCUT2D eigenvalue weighted by molar-refractivity contribution is 0.101. The Labute approximate surface area is 138 Å². The standard InChI is InChI=1S/C14H12Cl2N2O3S/c1-9(19)10-3-2-4-12(7-10)22(20,21)18-17-11-5-6-13(15)14(16)8-11/h2-8,17-18H,1H3. The molecule has 0 aliphatic carbocycles. The molecular weight excluding hydrogens is 347 g/mol. The second-order valence-electron chi connectivity index (χ2n) is 4.44. The summed E-state index contributed by atoms with van der Waals surface area (Å²) in [6.45, 7) is 1.37. The van der Waals surface area contributed by atoms with Gasteiger partial charge in [0, 0.05) is 5.56 Å². The van der Waals surface area contributed by atoms with Gasteiger partial charge in [-0.25, -0.2) is 8.42 Å². The molecule has 0 aliphatic heterocycles. The van der Waals surface area contributed by atoms with Gasteiger partial charge in [-0.15, -0.1) is 4.83 Å². The molecule has 0 spiro atoms. The number of sulfonamides is 1. The van der Waals surface area contributed by atoms with Gasteiger partial charge in [0.2, 0.25) is 0 Å². The molecule has 0 aliphatic rings.